The van der Waals surface area contributed by atoms with Crippen molar-refractivity contribution in [2.24, 2.45) is 10.7 Å². The lowest BCUT2D eigenvalue weighted by molar-refractivity contribution is 0.761. The number of guanidine groups is 1. The van der Waals surface area contributed by atoms with Gasteiger partial charge in [0.25, 0.3) is 0 Å². The van der Waals surface area contributed by atoms with Crippen molar-refractivity contribution in [1.82, 2.24) is 0 Å². The van der Waals surface area contributed by atoms with Crippen molar-refractivity contribution in [3.63, 3.8) is 0 Å². The summed E-state index contributed by atoms with van der Waals surface area (Å²) in [6.45, 7) is 4.91. The maximum Gasteiger partial charge on any atom is 0.196 e. The first-order valence-corrected chi connectivity index (χ1v) is 7.36. The van der Waals surface area contributed by atoms with Crippen LogP contribution in [0.1, 0.15) is 22.7 Å². The fraction of sp³-hybridized carbons (Fsp3) is 0.235. The lowest BCUT2D eigenvalue weighted by Crippen LogP contribution is -2.36. The number of aryl methyl sites for hydroxylation is 2. The van der Waals surface area contributed by atoms with Gasteiger partial charge in [0.05, 0.1) is 12.6 Å². The van der Waals surface area contributed by atoms with Crippen molar-refractivity contribution in [2.75, 3.05) is 11.4 Å². The van der Waals surface area contributed by atoms with Crippen molar-refractivity contribution in [3.8, 4) is 0 Å². The SMILES string of the molecule is Cc1ccc(C)c(C2CN=C(N)N2c2ccc(Cl)cc2)c1. The van der Waals surface area contributed by atoms with E-state index in [-0.39, 0.29) is 6.04 Å². The molecule has 0 bridgehead atoms. The minimum atomic E-state index is 0.145. The molecule has 1 heterocycles. The van der Waals surface area contributed by atoms with E-state index in [1.807, 2.05) is 24.3 Å². The minimum absolute atomic E-state index is 0.145. The minimum Gasteiger partial charge on any atom is -0.369 e. The highest BCUT2D eigenvalue weighted by Crippen LogP contribution is 2.33. The molecule has 0 saturated carbocycles. The van der Waals surface area contributed by atoms with Crippen molar-refractivity contribution < 1.29 is 0 Å². The standard InChI is InChI=1S/C17H18ClN3/c1-11-3-4-12(2)15(9-11)16-10-20-17(19)21(16)14-7-5-13(18)6-8-14/h3-9,16H,10H2,1-2H3,(H2,19,20). The molecule has 3 nitrogen and oxygen atoms in total. The second kappa shape index (κ2) is 5.41. The van der Waals surface area contributed by atoms with Gasteiger partial charge in [-0.3, -0.25) is 4.99 Å². The van der Waals surface area contributed by atoms with Crippen LogP contribution in [0.15, 0.2) is 47.5 Å². The summed E-state index contributed by atoms with van der Waals surface area (Å²) in [4.78, 5) is 6.51. The Kier molecular flexibility index (Phi) is 3.60. The summed E-state index contributed by atoms with van der Waals surface area (Å²) in [5.74, 6) is 0.559. The van der Waals surface area contributed by atoms with Gasteiger partial charge in [0, 0.05) is 10.7 Å². The van der Waals surface area contributed by atoms with E-state index in [1.54, 1.807) is 0 Å². The molecule has 0 amide bonds. The Labute approximate surface area is 130 Å². The van der Waals surface area contributed by atoms with Crippen molar-refractivity contribution in [2.45, 2.75) is 19.9 Å². The van der Waals surface area contributed by atoms with E-state index in [2.05, 4.69) is 41.9 Å². The van der Waals surface area contributed by atoms with Gasteiger partial charge in [-0.25, -0.2) is 0 Å². The van der Waals surface area contributed by atoms with Gasteiger partial charge in [-0.2, -0.15) is 0 Å². The highest BCUT2D eigenvalue weighted by atomic mass is 35.5. The molecule has 2 N–H and O–H groups in total. The Morgan fingerprint density at radius 1 is 1.14 bits per heavy atom. The molecule has 4 heteroatoms. The average molecular weight is 300 g/mol. The quantitative estimate of drug-likeness (QED) is 0.915. The first kappa shape index (κ1) is 14.0. The van der Waals surface area contributed by atoms with Crippen molar-refractivity contribution in [3.05, 3.63) is 64.2 Å². The second-order valence-corrected chi connectivity index (χ2v) is 5.86. The fourth-order valence-electron chi connectivity index (χ4n) is 2.77. The van der Waals surface area contributed by atoms with Crippen LogP contribution >= 0.6 is 11.6 Å². The molecule has 1 atom stereocenters. The summed E-state index contributed by atoms with van der Waals surface area (Å²) < 4.78 is 0. The van der Waals surface area contributed by atoms with Gasteiger partial charge in [0.1, 0.15) is 0 Å². The van der Waals surface area contributed by atoms with Gasteiger partial charge in [0.15, 0.2) is 5.96 Å². The maximum atomic E-state index is 6.11. The third-order valence-electron chi connectivity index (χ3n) is 3.88. The van der Waals surface area contributed by atoms with Crippen molar-refractivity contribution in [1.29, 1.82) is 0 Å². The molecule has 0 aromatic heterocycles. The van der Waals surface area contributed by atoms with Crippen LogP contribution < -0.4 is 10.6 Å². The number of rotatable bonds is 2. The molecular formula is C17H18ClN3. The van der Waals surface area contributed by atoms with Gasteiger partial charge < -0.3 is 10.6 Å². The highest BCUT2D eigenvalue weighted by molar-refractivity contribution is 6.30. The van der Waals surface area contributed by atoms with Crippen LogP contribution in [0.2, 0.25) is 5.02 Å². The van der Waals surface area contributed by atoms with Gasteiger partial charge in [-0.05, 0) is 49.2 Å². The van der Waals surface area contributed by atoms with E-state index in [0.29, 0.717) is 12.5 Å². The number of hydrogen-bond donors (Lipinski definition) is 1. The number of halogens is 1. The van der Waals surface area contributed by atoms with Gasteiger partial charge in [-0.15, -0.1) is 0 Å². The van der Waals surface area contributed by atoms with E-state index >= 15 is 0 Å². The van der Waals surface area contributed by atoms with Gasteiger partial charge in [-0.1, -0.05) is 35.4 Å². The first-order valence-electron chi connectivity index (χ1n) is 6.98. The van der Waals surface area contributed by atoms with Crippen LogP contribution in [-0.4, -0.2) is 12.5 Å². The van der Waals surface area contributed by atoms with Crippen LogP contribution in [-0.2, 0) is 0 Å². The van der Waals surface area contributed by atoms with E-state index < -0.39 is 0 Å². The second-order valence-electron chi connectivity index (χ2n) is 5.42. The third kappa shape index (κ3) is 2.61. The number of nitrogens with zero attached hydrogens (tertiary/aromatic N) is 2. The Morgan fingerprint density at radius 3 is 2.57 bits per heavy atom. The number of nitrogens with two attached hydrogens (primary N) is 1. The molecule has 3 rings (SSSR count). The largest absolute Gasteiger partial charge is 0.369 e. The molecule has 0 saturated heterocycles. The smallest absolute Gasteiger partial charge is 0.196 e. The monoisotopic (exact) mass is 299 g/mol. The fourth-order valence-corrected chi connectivity index (χ4v) is 2.89. The first-order chi connectivity index (χ1) is 10.1. The summed E-state index contributed by atoms with van der Waals surface area (Å²) in [6.07, 6.45) is 0. The molecule has 0 fully saturated rings. The number of benzene rings is 2. The molecule has 1 aliphatic heterocycles. The normalized spacial score (nSPS) is 18.0. The van der Waals surface area contributed by atoms with Gasteiger partial charge >= 0.3 is 0 Å². The van der Waals surface area contributed by atoms with Crippen LogP contribution in [0.25, 0.3) is 0 Å². The Hall–Kier alpha value is -2.00. The zero-order valence-electron chi connectivity index (χ0n) is 12.2. The molecule has 1 aliphatic rings. The molecule has 21 heavy (non-hydrogen) atoms. The molecule has 2 aromatic rings. The molecule has 0 aliphatic carbocycles. The molecule has 1 unspecified atom stereocenters. The number of hydrogen-bond acceptors (Lipinski definition) is 3. The Morgan fingerprint density at radius 2 is 1.86 bits per heavy atom. The summed E-state index contributed by atoms with van der Waals surface area (Å²) in [5.41, 5.74) is 10.9. The molecule has 0 spiro atoms. The maximum absolute atomic E-state index is 6.11. The zero-order chi connectivity index (χ0) is 15.0. The van der Waals surface area contributed by atoms with Crippen molar-refractivity contribution >= 4 is 23.2 Å². The number of anilines is 1. The predicted octanol–water partition coefficient (Wildman–Crippen LogP) is 3.83. The van der Waals surface area contributed by atoms with Crippen LogP contribution in [0, 0.1) is 13.8 Å². The van der Waals surface area contributed by atoms with Gasteiger partial charge in [0.2, 0.25) is 0 Å². The Balaban J connectivity index is 2.02. The lowest BCUT2D eigenvalue weighted by atomic mass is 9.98. The summed E-state index contributed by atoms with van der Waals surface area (Å²) in [7, 11) is 0. The van der Waals surface area contributed by atoms with Crippen LogP contribution in [0.5, 0.6) is 0 Å². The average Bonchev–Trinajstić information content (AvgIpc) is 2.84. The lowest BCUT2D eigenvalue weighted by Gasteiger charge is -2.28. The van der Waals surface area contributed by atoms with E-state index in [0.717, 1.165) is 10.7 Å². The Bertz CT molecular complexity index is 692. The third-order valence-corrected chi connectivity index (χ3v) is 4.14. The summed E-state index contributed by atoms with van der Waals surface area (Å²) in [6, 6.07) is 14.4. The predicted molar refractivity (Wildman–Crippen MR) is 89.1 cm³/mol. The van der Waals surface area contributed by atoms with E-state index in [1.165, 1.54) is 16.7 Å². The van der Waals surface area contributed by atoms with E-state index in [9.17, 15) is 0 Å². The van der Waals surface area contributed by atoms with E-state index in [4.69, 9.17) is 17.3 Å². The summed E-state index contributed by atoms with van der Waals surface area (Å²) >= 11 is 5.97. The topological polar surface area (TPSA) is 41.6 Å². The van der Waals surface area contributed by atoms with Crippen LogP contribution in [0.3, 0.4) is 0 Å². The molecule has 108 valence electrons. The molecule has 2 aromatic carbocycles. The zero-order valence-corrected chi connectivity index (χ0v) is 12.9. The summed E-state index contributed by atoms with van der Waals surface area (Å²) in [5, 5.41) is 0.719. The molecular weight excluding hydrogens is 282 g/mol. The highest BCUT2D eigenvalue weighted by Gasteiger charge is 2.29. The van der Waals surface area contributed by atoms with Crippen LogP contribution in [0.4, 0.5) is 5.69 Å². The molecule has 0 radical (unpaired) electrons. The number of aliphatic imine (C=N–C) groups is 1.